The van der Waals surface area contributed by atoms with E-state index in [0.717, 1.165) is 17.7 Å². The fourth-order valence-corrected chi connectivity index (χ4v) is 2.46. The van der Waals surface area contributed by atoms with Crippen molar-refractivity contribution < 1.29 is 14.0 Å². The number of aromatic nitrogens is 2. The van der Waals surface area contributed by atoms with Crippen LogP contribution in [-0.4, -0.2) is 30.0 Å². The number of fused-ring (bicyclic) bond motifs is 1. The van der Waals surface area contributed by atoms with Crippen LogP contribution in [-0.2, 0) is 4.74 Å². The summed E-state index contributed by atoms with van der Waals surface area (Å²) in [6.07, 6.45) is 0.819. The molecule has 112 valence electrons. The molecule has 0 radical (unpaired) electrons. The van der Waals surface area contributed by atoms with Gasteiger partial charge in [0.15, 0.2) is 5.82 Å². The summed E-state index contributed by atoms with van der Waals surface area (Å²) < 4.78 is 16.4. The van der Waals surface area contributed by atoms with Crippen molar-refractivity contribution in [3.05, 3.63) is 41.5 Å². The molecule has 6 heteroatoms. The molecule has 0 fully saturated rings. The van der Waals surface area contributed by atoms with Crippen molar-refractivity contribution in [2.45, 2.75) is 25.3 Å². The third-order valence-corrected chi connectivity index (χ3v) is 3.55. The lowest BCUT2D eigenvalue weighted by atomic mass is 9.93. The molecule has 0 bridgehead atoms. The van der Waals surface area contributed by atoms with Gasteiger partial charge in [-0.15, -0.1) is 0 Å². The molecular formula is C15H19N3O3. The van der Waals surface area contributed by atoms with E-state index in [1.807, 2.05) is 31.2 Å². The van der Waals surface area contributed by atoms with Crippen LogP contribution < -0.4 is 10.5 Å². The maximum absolute atomic E-state index is 5.98. The summed E-state index contributed by atoms with van der Waals surface area (Å²) in [6.45, 7) is 3.57. The van der Waals surface area contributed by atoms with Gasteiger partial charge in [0.1, 0.15) is 5.75 Å². The van der Waals surface area contributed by atoms with Gasteiger partial charge in [-0.05, 0) is 19.4 Å². The lowest BCUT2D eigenvalue weighted by Gasteiger charge is -2.22. The monoisotopic (exact) mass is 289 g/mol. The zero-order valence-corrected chi connectivity index (χ0v) is 12.0. The number of para-hydroxylation sites is 1. The van der Waals surface area contributed by atoms with Crippen LogP contribution >= 0.6 is 0 Å². The third-order valence-electron chi connectivity index (χ3n) is 3.55. The van der Waals surface area contributed by atoms with E-state index in [1.165, 1.54) is 0 Å². The minimum atomic E-state index is -0.363. The van der Waals surface area contributed by atoms with E-state index in [1.54, 1.807) is 0 Å². The van der Waals surface area contributed by atoms with E-state index in [-0.39, 0.29) is 12.0 Å². The van der Waals surface area contributed by atoms with Crippen LogP contribution in [0.4, 0.5) is 0 Å². The number of nitrogens with zero attached hydrogens (tertiary/aromatic N) is 2. The summed E-state index contributed by atoms with van der Waals surface area (Å²) in [5.74, 6) is 2.03. The summed E-state index contributed by atoms with van der Waals surface area (Å²) in [5.41, 5.74) is 7.06. The standard InChI is InChI=1S/C15H19N3O3/c1-2-19-9-12(16)14-17-15(21-18-14)11-7-8-20-13-6-4-3-5-10(11)13/h3-6,11-12H,2,7-9,16H2,1H3. The minimum absolute atomic E-state index is 0.0653. The van der Waals surface area contributed by atoms with Crippen molar-refractivity contribution in [2.24, 2.45) is 5.73 Å². The Morgan fingerprint density at radius 2 is 2.29 bits per heavy atom. The first-order valence-corrected chi connectivity index (χ1v) is 7.18. The van der Waals surface area contributed by atoms with Crippen LogP contribution in [0, 0.1) is 0 Å². The van der Waals surface area contributed by atoms with Crippen molar-refractivity contribution in [3.63, 3.8) is 0 Å². The first kappa shape index (κ1) is 14.0. The molecule has 1 aliphatic rings. The van der Waals surface area contributed by atoms with E-state index in [9.17, 15) is 0 Å². The van der Waals surface area contributed by atoms with Crippen molar-refractivity contribution in [1.82, 2.24) is 10.1 Å². The zero-order valence-electron chi connectivity index (χ0n) is 12.0. The molecule has 0 saturated heterocycles. The SMILES string of the molecule is CCOCC(N)c1noc(C2CCOc3ccccc32)n1. The highest BCUT2D eigenvalue weighted by Crippen LogP contribution is 2.37. The lowest BCUT2D eigenvalue weighted by Crippen LogP contribution is -2.19. The summed E-state index contributed by atoms with van der Waals surface area (Å²) in [7, 11) is 0. The summed E-state index contributed by atoms with van der Waals surface area (Å²) in [5, 5.41) is 3.99. The maximum atomic E-state index is 5.98. The lowest BCUT2D eigenvalue weighted by molar-refractivity contribution is 0.130. The predicted molar refractivity (Wildman–Crippen MR) is 76.1 cm³/mol. The van der Waals surface area contributed by atoms with Gasteiger partial charge >= 0.3 is 0 Å². The van der Waals surface area contributed by atoms with Crippen LogP contribution in [0.1, 0.15) is 42.6 Å². The summed E-state index contributed by atoms with van der Waals surface area (Å²) in [6, 6.07) is 7.57. The molecular weight excluding hydrogens is 270 g/mol. The smallest absolute Gasteiger partial charge is 0.234 e. The molecule has 2 N–H and O–H groups in total. The van der Waals surface area contributed by atoms with Crippen molar-refractivity contribution in [3.8, 4) is 5.75 Å². The highest BCUT2D eigenvalue weighted by molar-refractivity contribution is 5.40. The van der Waals surface area contributed by atoms with E-state index >= 15 is 0 Å². The first-order chi connectivity index (χ1) is 10.3. The van der Waals surface area contributed by atoms with E-state index in [0.29, 0.717) is 31.5 Å². The number of rotatable bonds is 5. The van der Waals surface area contributed by atoms with Gasteiger partial charge in [-0.3, -0.25) is 0 Å². The van der Waals surface area contributed by atoms with E-state index < -0.39 is 0 Å². The Balaban J connectivity index is 1.81. The summed E-state index contributed by atoms with van der Waals surface area (Å²) >= 11 is 0. The van der Waals surface area contributed by atoms with Crippen LogP contribution in [0.25, 0.3) is 0 Å². The molecule has 0 aliphatic carbocycles. The Kier molecular flexibility index (Phi) is 4.17. The highest BCUT2D eigenvalue weighted by atomic mass is 16.5. The fourth-order valence-electron chi connectivity index (χ4n) is 2.46. The van der Waals surface area contributed by atoms with Gasteiger partial charge in [-0.25, -0.2) is 0 Å². The van der Waals surface area contributed by atoms with E-state index in [4.69, 9.17) is 19.7 Å². The van der Waals surface area contributed by atoms with Crippen molar-refractivity contribution in [2.75, 3.05) is 19.8 Å². The molecule has 2 heterocycles. The average Bonchev–Trinajstić information content (AvgIpc) is 3.02. The molecule has 0 saturated carbocycles. The third kappa shape index (κ3) is 2.91. The Morgan fingerprint density at radius 1 is 1.43 bits per heavy atom. The molecule has 6 nitrogen and oxygen atoms in total. The Hall–Kier alpha value is -1.92. The minimum Gasteiger partial charge on any atom is -0.493 e. The van der Waals surface area contributed by atoms with Gasteiger partial charge in [-0.1, -0.05) is 23.4 Å². The Labute approximate surface area is 123 Å². The van der Waals surface area contributed by atoms with Gasteiger partial charge in [-0.2, -0.15) is 4.98 Å². The number of nitrogens with two attached hydrogens (primary N) is 1. The number of hydrogen-bond donors (Lipinski definition) is 1. The number of ether oxygens (including phenoxy) is 2. The predicted octanol–water partition coefficient (Wildman–Crippen LogP) is 2.02. The Bertz CT molecular complexity index is 599. The highest BCUT2D eigenvalue weighted by Gasteiger charge is 2.28. The van der Waals surface area contributed by atoms with Crippen molar-refractivity contribution in [1.29, 1.82) is 0 Å². The molecule has 2 atom stereocenters. The van der Waals surface area contributed by atoms with E-state index in [2.05, 4.69) is 10.1 Å². The largest absolute Gasteiger partial charge is 0.493 e. The molecule has 1 aromatic heterocycles. The first-order valence-electron chi connectivity index (χ1n) is 7.18. The number of benzene rings is 1. The van der Waals surface area contributed by atoms with Gasteiger partial charge in [0.05, 0.1) is 25.2 Å². The second-order valence-electron chi connectivity index (χ2n) is 4.98. The molecule has 1 aliphatic heterocycles. The topological polar surface area (TPSA) is 83.4 Å². The van der Waals surface area contributed by atoms with Gasteiger partial charge in [0, 0.05) is 12.2 Å². The Morgan fingerprint density at radius 3 is 3.14 bits per heavy atom. The molecule has 0 amide bonds. The maximum Gasteiger partial charge on any atom is 0.234 e. The molecule has 0 spiro atoms. The van der Waals surface area contributed by atoms with Crippen LogP contribution in [0.15, 0.2) is 28.8 Å². The van der Waals surface area contributed by atoms with Gasteiger partial charge in [0.2, 0.25) is 5.89 Å². The molecule has 2 unspecified atom stereocenters. The van der Waals surface area contributed by atoms with Crippen molar-refractivity contribution >= 4 is 0 Å². The zero-order chi connectivity index (χ0) is 14.7. The molecule has 3 rings (SSSR count). The quantitative estimate of drug-likeness (QED) is 0.906. The number of hydrogen-bond acceptors (Lipinski definition) is 6. The van der Waals surface area contributed by atoms with Crippen LogP contribution in [0.5, 0.6) is 5.75 Å². The second kappa shape index (κ2) is 6.24. The fraction of sp³-hybridized carbons (Fsp3) is 0.467. The molecule has 1 aromatic carbocycles. The average molecular weight is 289 g/mol. The van der Waals surface area contributed by atoms with Crippen LogP contribution in [0.2, 0.25) is 0 Å². The molecule has 2 aromatic rings. The molecule has 21 heavy (non-hydrogen) atoms. The van der Waals surface area contributed by atoms with Gasteiger partial charge < -0.3 is 19.7 Å². The van der Waals surface area contributed by atoms with Gasteiger partial charge in [0.25, 0.3) is 0 Å². The van der Waals surface area contributed by atoms with Crippen LogP contribution in [0.3, 0.4) is 0 Å². The normalized spacial score (nSPS) is 18.9. The summed E-state index contributed by atoms with van der Waals surface area (Å²) in [4.78, 5) is 4.45. The second-order valence-corrected chi connectivity index (χ2v) is 4.98.